The molecule has 0 saturated carbocycles. The first-order valence-corrected chi connectivity index (χ1v) is 10.0. The summed E-state index contributed by atoms with van der Waals surface area (Å²) in [5.41, 5.74) is 1.23. The van der Waals surface area contributed by atoms with Crippen molar-refractivity contribution in [1.82, 2.24) is 5.32 Å². The summed E-state index contributed by atoms with van der Waals surface area (Å²) in [6.45, 7) is -0.0973. The van der Waals surface area contributed by atoms with Crippen LogP contribution in [-0.4, -0.2) is 32.0 Å². The minimum absolute atomic E-state index is 0.0615. The van der Waals surface area contributed by atoms with Gasteiger partial charge in [0.05, 0.1) is 25.9 Å². The van der Waals surface area contributed by atoms with Crippen LogP contribution in [0.15, 0.2) is 66.7 Å². The maximum absolute atomic E-state index is 13.7. The molecule has 0 radical (unpaired) electrons. The molecular formula is C24H22F3N3O3. The predicted molar refractivity (Wildman–Crippen MR) is 118 cm³/mol. The molecule has 0 aliphatic carbocycles. The number of ether oxygens (including phenoxy) is 1. The van der Waals surface area contributed by atoms with Crippen molar-refractivity contribution < 1.29 is 27.5 Å². The van der Waals surface area contributed by atoms with Gasteiger partial charge in [-0.2, -0.15) is 0 Å². The molecule has 3 rings (SSSR count). The SMILES string of the molecule is COc1ccc(N(CC(=O)NCC(=O)Nc2ccc(F)c(F)c2F)Cc2ccccc2)cc1. The molecule has 0 unspecified atom stereocenters. The summed E-state index contributed by atoms with van der Waals surface area (Å²) in [4.78, 5) is 26.4. The molecule has 0 atom stereocenters. The Balaban J connectivity index is 1.62. The van der Waals surface area contributed by atoms with Gasteiger partial charge in [-0.25, -0.2) is 13.2 Å². The second kappa shape index (κ2) is 11.0. The maximum Gasteiger partial charge on any atom is 0.243 e. The van der Waals surface area contributed by atoms with Crippen LogP contribution in [-0.2, 0) is 16.1 Å². The fraction of sp³-hybridized carbons (Fsp3) is 0.167. The van der Waals surface area contributed by atoms with E-state index in [-0.39, 0.29) is 6.54 Å². The van der Waals surface area contributed by atoms with Gasteiger partial charge in [0.15, 0.2) is 17.5 Å². The first kappa shape index (κ1) is 23.6. The molecule has 172 valence electrons. The lowest BCUT2D eigenvalue weighted by Gasteiger charge is -2.24. The lowest BCUT2D eigenvalue weighted by atomic mass is 10.2. The van der Waals surface area contributed by atoms with Crippen molar-refractivity contribution in [3.63, 3.8) is 0 Å². The van der Waals surface area contributed by atoms with Gasteiger partial charge in [0.25, 0.3) is 0 Å². The van der Waals surface area contributed by atoms with Crippen LogP contribution in [0.1, 0.15) is 5.56 Å². The van der Waals surface area contributed by atoms with Crippen LogP contribution in [0.3, 0.4) is 0 Å². The highest BCUT2D eigenvalue weighted by Crippen LogP contribution is 2.21. The largest absolute Gasteiger partial charge is 0.497 e. The average molecular weight is 457 g/mol. The maximum atomic E-state index is 13.7. The number of nitrogens with one attached hydrogen (secondary N) is 2. The summed E-state index contributed by atoms with van der Waals surface area (Å²) in [6, 6.07) is 18.3. The van der Waals surface area contributed by atoms with Crippen molar-refractivity contribution in [3.8, 4) is 5.75 Å². The number of rotatable bonds is 9. The van der Waals surface area contributed by atoms with Crippen molar-refractivity contribution in [1.29, 1.82) is 0 Å². The highest BCUT2D eigenvalue weighted by molar-refractivity contribution is 5.95. The van der Waals surface area contributed by atoms with E-state index in [0.717, 1.165) is 17.3 Å². The van der Waals surface area contributed by atoms with E-state index in [1.54, 1.807) is 19.2 Å². The van der Waals surface area contributed by atoms with Crippen LogP contribution in [0.4, 0.5) is 24.5 Å². The summed E-state index contributed by atoms with van der Waals surface area (Å²) in [5.74, 6) is -5.13. The average Bonchev–Trinajstić information content (AvgIpc) is 2.83. The third-order valence-corrected chi connectivity index (χ3v) is 4.74. The molecule has 0 heterocycles. The summed E-state index contributed by atoms with van der Waals surface area (Å²) < 4.78 is 45.2. The number of methoxy groups -OCH3 is 1. The smallest absolute Gasteiger partial charge is 0.243 e. The Bertz CT molecular complexity index is 1110. The predicted octanol–water partition coefficient (Wildman–Crippen LogP) is 3.87. The molecule has 6 nitrogen and oxygen atoms in total. The van der Waals surface area contributed by atoms with E-state index in [4.69, 9.17) is 4.74 Å². The van der Waals surface area contributed by atoms with E-state index in [2.05, 4.69) is 10.6 Å². The number of amides is 2. The van der Waals surface area contributed by atoms with E-state index in [1.807, 2.05) is 47.4 Å². The van der Waals surface area contributed by atoms with Gasteiger partial charge < -0.3 is 20.3 Å². The molecule has 0 spiro atoms. The molecule has 0 bridgehead atoms. The van der Waals surface area contributed by atoms with Crippen LogP contribution in [0.5, 0.6) is 5.75 Å². The van der Waals surface area contributed by atoms with Crippen molar-refractivity contribution in [2.75, 3.05) is 30.4 Å². The van der Waals surface area contributed by atoms with Gasteiger partial charge in [-0.15, -0.1) is 0 Å². The van der Waals surface area contributed by atoms with E-state index in [9.17, 15) is 22.8 Å². The summed E-state index contributed by atoms with van der Waals surface area (Å²) >= 11 is 0. The standard InChI is InChI=1S/C24H22F3N3O3/c1-33-18-9-7-17(8-10-18)30(14-16-5-3-2-4-6-16)15-22(32)28-13-21(31)29-20-12-11-19(25)23(26)24(20)27/h2-12H,13-15H2,1H3,(H,28,32)(H,29,31). The Labute approximate surface area is 189 Å². The van der Waals surface area contributed by atoms with Crippen LogP contribution >= 0.6 is 0 Å². The van der Waals surface area contributed by atoms with Crippen molar-refractivity contribution in [2.24, 2.45) is 0 Å². The van der Waals surface area contributed by atoms with Crippen LogP contribution in [0.25, 0.3) is 0 Å². The zero-order valence-electron chi connectivity index (χ0n) is 17.8. The second-order valence-electron chi connectivity index (χ2n) is 7.09. The number of benzene rings is 3. The van der Waals surface area contributed by atoms with Gasteiger partial charge in [-0.1, -0.05) is 30.3 Å². The fourth-order valence-electron chi connectivity index (χ4n) is 3.06. The molecule has 3 aromatic rings. The first-order chi connectivity index (χ1) is 15.9. The molecule has 2 N–H and O–H groups in total. The Morgan fingerprint density at radius 1 is 0.879 bits per heavy atom. The van der Waals surface area contributed by atoms with Gasteiger partial charge in [-0.05, 0) is 42.0 Å². The van der Waals surface area contributed by atoms with Crippen LogP contribution in [0, 0.1) is 17.5 Å². The lowest BCUT2D eigenvalue weighted by molar-refractivity contribution is -0.123. The molecular weight excluding hydrogens is 435 g/mol. The quantitative estimate of drug-likeness (QED) is 0.479. The highest BCUT2D eigenvalue weighted by Gasteiger charge is 2.17. The normalized spacial score (nSPS) is 10.4. The monoisotopic (exact) mass is 457 g/mol. The molecule has 0 saturated heterocycles. The van der Waals surface area contributed by atoms with Gasteiger partial charge in [0, 0.05) is 12.2 Å². The fourth-order valence-corrected chi connectivity index (χ4v) is 3.06. The van der Waals surface area contributed by atoms with Crippen molar-refractivity contribution in [2.45, 2.75) is 6.54 Å². The third-order valence-electron chi connectivity index (χ3n) is 4.74. The van der Waals surface area contributed by atoms with E-state index < -0.39 is 41.5 Å². The number of halogens is 3. The first-order valence-electron chi connectivity index (χ1n) is 10.0. The van der Waals surface area contributed by atoms with E-state index in [0.29, 0.717) is 18.4 Å². The zero-order chi connectivity index (χ0) is 23.8. The number of nitrogens with zero attached hydrogens (tertiary/aromatic N) is 1. The minimum atomic E-state index is -1.69. The molecule has 2 amide bonds. The molecule has 33 heavy (non-hydrogen) atoms. The summed E-state index contributed by atoms with van der Waals surface area (Å²) in [7, 11) is 1.56. The number of hydrogen-bond acceptors (Lipinski definition) is 4. The van der Waals surface area contributed by atoms with Gasteiger partial charge in [0.1, 0.15) is 5.75 Å². The Hall–Kier alpha value is -4.01. The van der Waals surface area contributed by atoms with Crippen LogP contribution in [0.2, 0.25) is 0 Å². The summed E-state index contributed by atoms with van der Waals surface area (Å²) in [6.07, 6.45) is 0. The number of carbonyl (C=O) groups excluding carboxylic acids is 2. The number of carbonyl (C=O) groups is 2. The van der Waals surface area contributed by atoms with E-state index >= 15 is 0 Å². The molecule has 9 heteroatoms. The van der Waals surface area contributed by atoms with Crippen molar-refractivity contribution >= 4 is 23.2 Å². The molecule has 0 fully saturated rings. The Morgan fingerprint density at radius 3 is 2.24 bits per heavy atom. The molecule has 3 aromatic carbocycles. The number of hydrogen-bond donors (Lipinski definition) is 2. The second-order valence-corrected chi connectivity index (χ2v) is 7.09. The molecule has 0 aromatic heterocycles. The van der Waals surface area contributed by atoms with Gasteiger partial charge >= 0.3 is 0 Å². The molecule has 0 aliphatic heterocycles. The Kier molecular flexibility index (Phi) is 7.91. The number of anilines is 2. The van der Waals surface area contributed by atoms with Gasteiger partial charge in [0.2, 0.25) is 11.8 Å². The third kappa shape index (κ3) is 6.49. The lowest BCUT2D eigenvalue weighted by Crippen LogP contribution is -2.40. The van der Waals surface area contributed by atoms with Crippen molar-refractivity contribution in [3.05, 3.63) is 89.7 Å². The van der Waals surface area contributed by atoms with Crippen LogP contribution < -0.4 is 20.3 Å². The summed E-state index contributed by atoms with van der Waals surface area (Å²) in [5, 5.41) is 4.56. The Morgan fingerprint density at radius 2 is 1.58 bits per heavy atom. The zero-order valence-corrected chi connectivity index (χ0v) is 17.8. The molecule has 0 aliphatic rings. The van der Waals surface area contributed by atoms with Gasteiger partial charge in [-0.3, -0.25) is 9.59 Å². The minimum Gasteiger partial charge on any atom is -0.497 e. The highest BCUT2D eigenvalue weighted by atomic mass is 19.2. The van der Waals surface area contributed by atoms with E-state index in [1.165, 1.54) is 0 Å². The topological polar surface area (TPSA) is 70.7 Å².